The van der Waals surface area contributed by atoms with E-state index in [0.29, 0.717) is 5.92 Å². The van der Waals surface area contributed by atoms with Crippen LogP contribution in [-0.2, 0) is 0 Å². The zero-order valence-electron chi connectivity index (χ0n) is 14.1. The molecule has 1 aromatic carbocycles. The van der Waals surface area contributed by atoms with E-state index in [1.54, 1.807) is 0 Å². The van der Waals surface area contributed by atoms with Crippen LogP contribution in [0, 0.1) is 6.92 Å². The van der Waals surface area contributed by atoms with Crippen LogP contribution in [0.4, 0.5) is 0 Å². The quantitative estimate of drug-likeness (QED) is 0.753. The highest BCUT2D eigenvalue weighted by molar-refractivity contribution is 5.94. The number of hydrogen-bond donors (Lipinski definition) is 2. The van der Waals surface area contributed by atoms with Crippen molar-refractivity contribution in [2.24, 2.45) is 0 Å². The third-order valence-corrected chi connectivity index (χ3v) is 4.64. The van der Waals surface area contributed by atoms with E-state index in [1.807, 2.05) is 6.07 Å². The van der Waals surface area contributed by atoms with Crippen molar-refractivity contribution in [3.05, 3.63) is 34.9 Å². The van der Waals surface area contributed by atoms with Crippen molar-refractivity contribution in [2.75, 3.05) is 19.6 Å². The number of unbranched alkanes of at least 4 members (excludes halogenated alkanes) is 3. The Morgan fingerprint density at radius 1 is 1.23 bits per heavy atom. The Hall–Kier alpha value is -1.35. The van der Waals surface area contributed by atoms with E-state index < -0.39 is 0 Å². The van der Waals surface area contributed by atoms with Crippen molar-refractivity contribution in [2.45, 2.75) is 58.3 Å². The van der Waals surface area contributed by atoms with Crippen LogP contribution < -0.4 is 10.6 Å². The second-order valence-electron chi connectivity index (χ2n) is 6.41. The first-order chi connectivity index (χ1) is 10.7. The van der Waals surface area contributed by atoms with Gasteiger partial charge in [-0.15, -0.1) is 0 Å². The Morgan fingerprint density at radius 2 is 2.00 bits per heavy atom. The Balaban J connectivity index is 1.94. The summed E-state index contributed by atoms with van der Waals surface area (Å²) in [6.07, 6.45) is 7.09. The molecule has 0 saturated carbocycles. The van der Waals surface area contributed by atoms with Crippen LogP contribution in [0.5, 0.6) is 0 Å². The second kappa shape index (κ2) is 8.94. The van der Waals surface area contributed by atoms with Crippen molar-refractivity contribution in [1.29, 1.82) is 0 Å². The van der Waals surface area contributed by atoms with E-state index in [4.69, 9.17) is 0 Å². The van der Waals surface area contributed by atoms with Gasteiger partial charge in [-0.2, -0.15) is 0 Å². The fourth-order valence-electron chi connectivity index (χ4n) is 3.21. The molecule has 1 saturated heterocycles. The van der Waals surface area contributed by atoms with E-state index in [-0.39, 0.29) is 5.91 Å². The predicted octanol–water partition coefficient (Wildman–Crippen LogP) is 3.77. The number of carbonyl (C=O) groups is 1. The summed E-state index contributed by atoms with van der Waals surface area (Å²) in [5.41, 5.74) is 3.49. The molecule has 3 heteroatoms. The summed E-state index contributed by atoms with van der Waals surface area (Å²) in [5.74, 6) is 0.672. The lowest BCUT2D eigenvalue weighted by Crippen LogP contribution is -2.28. The fraction of sp³-hybridized carbons (Fsp3) is 0.632. The first-order valence-electron chi connectivity index (χ1n) is 8.82. The molecule has 2 rings (SSSR count). The van der Waals surface area contributed by atoms with Crippen LogP contribution >= 0.6 is 0 Å². The summed E-state index contributed by atoms with van der Waals surface area (Å²) in [4.78, 5) is 12.3. The highest BCUT2D eigenvalue weighted by Gasteiger charge is 2.18. The lowest BCUT2D eigenvalue weighted by Gasteiger charge is -2.25. The maximum Gasteiger partial charge on any atom is 0.251 e. The average Bonchev–Trinajstić information content (AvgIpc) is 2.55. The van der Waals surface area contributed by atoms with Crippen molar-refractivity contribution >= 4 is 5.91 Å². The van der Waals surface area contributed by atoms with Gasteiger partial charge in [-0.05, 0) is 68.5 Å². The molecule has 122 valence electrons. The molecule has 0 spiro atoms. The number of piperidine rings is 1. The molecular weight excluding hydrogens is 272 g/mol. The summed E-state index contributed by atoms with van der Waals surface area (Å²) < 4.78 is 0. The smallest absolute Gasteiger partial charge is 0.251 e. The van der Waals surface area contributed by atoms with Crippen LogP contribution in [0.15, 0.2) is 18.2 Å². The standard InChI is InChI=1S/C19H30N2O/c1-3-4-5-6-11-21-19(22)17-8-7-15(2)18(14-17)16-9-12-20-13-10-16/h7-8,14,16,20H,3-6,9-13H2,1-2H3,(H,21,22). The van der Waals surface area contributed by atoms with E-state index in [0.717, 1.165) is 31.6 Å². The van der Waals surface area contributed by atoms with Gasteiger partial charge in [0, 0.05) is 12.1 Å². The zero-order chi connectivity index (χ0) is 15.8. The number of benzene rings is 1. The third-order valence-electron chi connectivity index (χ3n) is 4.64. The molecule has 0 aromatic heterocycles. The largest absolute Gasteiger partial charge is 0.352 e. The molecule has 0 bridgehead atoms. The van der Waals surface area contributed by atoms with Gasteiger partial charge in [-0.1, -0.05) is 32.3 Å². The summed E-state index contributed by atoms with van der Waals surface area (Å²) >= 11 is 0. The minimum Gasteiger partial charge on any atom is -0.352 e. The molecule has 1 aliphatic rings. The van der Waals surface area contributed by atoms with E-state index in [1.165, 1.54) is 43.2 Å². The molecule has 0 aliphatic carbocycles. The molecule has 1 aliphatic heterocycles. The van der Waals surface area contributed by atoms with Crippen LogP contribution in [0.2, 0.25) is 0 Å². The number of carbonyl (C=O) groups excluding carboxylic acids is 1. The predicted molar refractivity (Wildman–Crippen MR) is 92.5 cm³/mol. The fourth-order valence-corrected chi connectivity index (χ4v) is 3.21. The maximum absolute atomic E-state index is 12.3. The Bertz CT molecular complexity index is 478. The number of nitrogens with one attached hydrogen (secondary N) is 2. The SMILES string of the molecule is CCCCCCNC(=O)c1ccc(C)c(C2CCNCC2)c1. The lowest BCUT2D eigenvalue weighted by molar-refractivity contribution is 0.0953. The van der Waals surface area contributed by atoms with Gasteiger partial charge in [-0.25, -0.2) is 0 Å². The highest BCUT2D eigenvalue weighted by Crippen LogP contribution is 2.28. The summed E-state index contributed by atoms with van der Waals surface area (Å²) in [5, 5.41) is 6.46. The van der Waals surface area contributed by atoms with E-state index >= 15 is 0 Å². The molecule has 0 atom stereocenters. The maximum atomic E-state index is 12.3. The van der Waals surface area contributed by atoms with Crippen molar-refractivity contribution in [3.8, 4) is 0 Å². The van der Waals surface area contributed by atoms with Crippen molar-refractivity contribution < 1.29 is 4.79 Å². The van der Waals surface area contributed by atoms with Crippen LogP contribution in [0.3, 0.4) is 0 Å². The molecule has 22 heavy (non-hydrogen) atoms. The molecule has 3 nitrogen and oxygen atoms in total. The van der Waals surface area contributed by atoms with Crippen molar-refractivity contribution in [1.82, 2.24) is 10.6 Å². The van der Waals surface area contributed by atoms with Gasteiger partial charge < -0.3 is 10.6 Å². The van der Waals surface area contributed by atoms with Crippen LogP contribution in [0.1, 0.15) is 72.9 Å². The average molecular weight is 302 g/mol. The molecule has 1 fully saturated rings. The van der Waals surface area contributed by atoms with Gasteiger partial charge in [0.2, 0.25) is 0 Å². The minimum atomic E-state index is 0.0756. The third kappa shape index (κ3) is 4.84. The zero-order valence-corrected chi connectivity index (χ0v) is 14.1. The van der Waals surface area contributed by atoms with Gasteiger partial charge in [0.1, 0.15) is 0 Å². The second-order valence-corrected chi connectivity index (χ2v) is 6.41. The Kier molecular flexibility index (Phi) is 6.91. The van der Waals surface area contributed by atoms with Gasteiger partial charge in [-0.3, -0.25) is 4.79 Å². The van der Waals surface area contributed by atoms with Crippen LogP contribution in [-0.4, -0.2) is 25.5 Å². The van der Waals surface area contributed by atoms with Gasteiger partial charge in [0.25, 0.3) is 5.91 Å². The summed E-state index contributed by atoms with van der Waals surface area (Å²) in [7, 11) is 0. The lowest BCUT2D eigenvalue weighted by atomic mass is 9.86. The normalized spacial score (nSPS) is 15.7. The monoisotopic (exact) mass is 302 g/mol. The minimum absolute atomic E-state index is 0.0756. The van der Waals surface area contributed by atoms with Gasteiger partial charge in [0.15, 0.2) is 0 Å². The molecule has 0 unspecified atom stereocenters. The first kappa shape index (κ1) is 17.0. The molecular formula is C19H30N2O. The van der Waals surface area contributed by atoms with Gasteiger partial charge >= 0.3 is 0 Å². The highest BCUT2D eigenvalue weighted by atomic mass is 16.1. The number of aryl methyl sites for hydroxylation is 1. The number of hydrogen-bond acceptors (Lipinski definition) is 2. The van der Waals surface area contributed by atoms with E-state index in [2.05, 4.69) is 36.6 Å². The van der Waals surface area contributed by atoms with Crippen molar-refractivity contribution in [3.63, 3.8) is 0 Å². The molecule has 1 aromatic rings. The van der Waals surface area contributed by atoms with Gasteiger partial charge in [0.05, 0.1) is 0 Å². The topological polar surface area (TPSA) is 41.1 Å². The summed E-state index contributed by atoms with van der Waals surface area (Å²) in [6.45, 7) is 7.31. The molecule has 0 radical (unpaired) electrons. The Labute approximate surface area is 134 Å². The number of rotatable bonds is 7. The summed E-state index contributed by atoms with van der Waals surface area (Å²) in [6, 6.07) is 6.18. The Morgan fingerprint density at radius 3 is 2.73 bits per heavy atom. The first-order valence-corrected chi connectivity index (χ1v) is 8.82. The van der Waals surface area contributed by atoms with Crippen LogP contribution in [0.25, 0.3) is 0 Å². The number of amides is 1. The molecule has 2 N–H and O–H groups in total. The molecule has 1 heterocycles. The molecule has 1 amide bonds. The van der Waals surface area contributed by atoms with E-state index in [9.17, 15) is 4.79 Å².